The van der Waals surface area contributed by atoms with Crippen LogP contribution in [0.4, 0.5) is 0 Å². The Bertz CT molecular complexity index is 695. The number of hydrogen-bond donors (Lipinski definition) is 2. The van der Waals surface area contributed by atoms with Crippen molar-refractivity contribution in [3.8, 4) is 28.4 Å². The van der Waals surface area contributed by atoms with Crippen LogP contribution >= 0.6 is 0 Å². The number of phenols is 2. The maximum atomic E-state index is 10.2. The molecule has 0 saturated carbocycles. The highest BCUT2D eigenvalue weighted by Gasteiger charge is 2.57. The van der Waals surface area contributed by atoms with Gasteiger partial charge in [-0.05, 0) is 41.8 Å². The molecule has 1 aliphatic heterocycles. The van der Waals surface area contributed by atoms with Crippen molar-refractivity contribution in [1.29, 1.82) is 0 Å². The van der Waals surface area contributed by atoms with E-state index in [0.717, 1.165) is 36.8 Å². The standard InChI is InChI=1S/C20H24O4/c1-3-5-6-19-20(4-2,24-19)23-18-13-15(9-12-17(18)22)14-7-10-16(21)11-8-14/h7-13,19,21-22H,3-6H2,1-2H3. The molecule has 0 aliphatic carbocycles. The lowest BCUT2D eigenvalue weighted by atomic mass is 10.0. The van der Waals surface area contributed by atoms with Gasteiger partial charge in [0.25, 0.3) is 0 Å². The second kappa shape index (κ2) is 6.73. The fourth-order valence-corrected chi connectivity index (χ4v) is 2.96. The zero-order valence-electron chi connectivity index (χ0n) is 14.2. The molecule has 2 atom stereocenters. The number of hydrogen-bond acceptors (Lipinski definition) is 4. The summed E-state index contributed by atoms with van der Waals surface area (Å²) in [5.41, 5.74) is 1.86. The number of aromatic hydroxyl groups is 2. The van der Waals surface area contributed by atoms with Crippen molar-refractivity contribution in [2.75, 3.05) is 0 Å². The van der Waals surface area contributed by atoms with Crippen molar-refractivity contribution >= 4 is 0 Å². The summed E-state index contributed by atoms with van der Waals surface area (Å²) in [5.74, 6) is 0.154. The second-order valence-corrected chi connectivity index (χ2v) is 6.25. The third-order valence-corrected chi connectivity index (χ3v) is 4.53. The van der Waals surface area contributed by atoms with Gasteiger partial charge in [0.2, 0.25) is 5.79 Å². The van der Waals surface area contributed by atoms with E-state index in [1.54, 1.807) is 18.2 Å². The smallest absolute Gasteiger partial charge is 0.237 e. The Hall–Kier alpha value is -2.20. The molecular formula is C20H24O4. The van der Waals surface area contributed by atoms with Crippen LogP contribution in [0.5, 0.6) is 17.2 Å². The van der Waals surface area contributed by atoms with Crippen LogP contribution < -0.4 is 4.74 Å². The molecule has 0 radical (unpaired) electrons. The number of rotatable bonds is 7. The Kier molecular flexibility index (Phi) is 4.67. The molecule has 1 fully saturated rings. The summed E-state index contributed by atoms with van der Waals surface area (Å²) in [6, 6.07) is 12.2. The largest absolute Gasteiger partial charge is 0.508 e. The van der Waals surface area contributed by atoms with Gasteiger partial charge in [-0.2, -0.15) is 0 Å². The van der Waals surface area contributed by atoms with Gasteiger partial charge in [-0.15, -0.1) is 0 Å². The van der Waals surface area contributed by atoms with Crippen molar-refractivity contribution in [3.05, 3.63) is 42.5 Å². The van der Waals surface area contributed by atoms with Gasteiger partial charge in [0.05, 0.1) is 0 Å². The summed E-state index contributed by atoms with van der Waals surface area (Å²) in [4.78, 5) is 0. The average Bonchev–Trinajstić information content (AvgIpc) is 3.29. The third kappa shape index (κ3) is 3.34. The van der Waals surface area contributed by atoms with Crippen molar-refractivity contribution in [1.82, 2.24) is 0 Å². The van der Waals surface area contributed by atoms with Crippen LogP contribution in [-0.4, -0.2) is 22.1 Å². The molecule has 0 amide bonds. The van der Waals surface area contributed by atoms with E-state index in [-0.39, 0.29) is 17.6 Å². The quantitative estimate of drug-likeness (QED) is 0.714. The van der Waals surface area contributed by atoms with Crippen molar-refractivity contribution < 1.29 is 19.7 Å². The van der Waals surface area contributed by atoms with Gasteiger partial charge in [-0.25, -0.2) is 0 Å². The van der Waals surface area contributed by atoms with E-state index >= 15 is 0 Å². The maximum absolute atomic E-state index is 10.2. The Morgan fingerprint density at radius 2 is 1.75 bits per heavy atom. The first kappa shape index (κ1) is 16.7. The van der Waals surface area contributed by atoms with Crippen molar-refractivity contribution in [2.24, 2.45) is 0 Å². The minimum absolute atomic E-state index is 0.0965. The molecule has 128 valence electrons. The molecule has 0 aromatic heterocycles. The van der Waals surface area contributed by atoms with Crippen LogP contribution in [0.2, 0.25) is 0 Å². The van der Waals surface area contributed by atoms with E-state index in [2.05, 4.69) is 6.92 Å². The first-order valence-electron chi connectivity index (χ1n) is 8.57. The number of unbranched alkanes of at least 4 members (excludes halogenated alkanes) is 1. The zero-order valence-corrected chi connectivity index (χ0v) is 14.2. The van der Waals surface area contributed by atoms with E-state index in [4.69, 9.17) is 9.47 Å². The number of epoxide rings is 1. The summed E-state index contributed by atoms with van der Waals surface area (Å²) < 4.78 is 11.9. The lowest BCUT2D eigenvalue weighted by molar-refractivity contribution is 0.0557. The van der Waals surface area contributed by atoms with E-state index in [1.807, 2.05) is 31.2 Å². The summed E-state index contributed by atoms with van der Waals surface area (Å²) in [5, 5.41) is 19.6. The molecule has 2 aromatic carbocycles. The highest BCUT2D eigenvalue weighted by Crippen LogP contribution is 2.46. The second-order valence-electron chi connectivity index (χ2n) is 6.25. The molecule has 1 heterocycles. The molecule has 24 heavy (non-hydrogen) atoms. The van der Waals surface area contributed by atoms with Crippen LogP contribution in [0.25, 0.3) is 11.1 Å². The highest BCUT2D eigenvalue weighted by molar-refractivity contribution is 5.67. The van der Waals surface area contributed by atoms with Crippen LogP contribution in [-0.2, 0) is 4.74 Å². The van der Waals surface area contributed by atoms with Crippen LogP contribution in [0, 0.1) is 0 Å². The topological polar surface area (TPSA) is 62.2 Å². The fraction of sp³-hybridized carbons (Fsp3) is 0.400. The first-order chi connectivity index (χ1) is 11.6. The molecule has 4 heteroatoms. The Labute approximate surface area is 142 Å². The van der Waals surface area contributed by atoms with E-state index in [1.165, 1.54) is 0 Å². The number of phenolic OH excluding ortho intramolecular Hbond substituents is 2. The monoisotopic (exact) mass is 328 g/mol. The lowest BCUT2D eigenvalue weighted by Gasteiger charge is -2.16. The van der Waals surface area contributed by atoms with Gasteiger partial charge >= 0.3 is 0 Å². The molecule has 1 saturated heterocycles. The molecule has 0 spiro atoms. The number of benzene rings is 2. The summed E-state index contributed by atoms with van der Waals surface area (Å²) in [7, 11) is 0. The van der Waals surface area contributed by atoms with Crippen LogP contribution in [0.1, 0.15) is 39.5 Å². The minimum Gasteiger partial charge on any atom is -0.508 e. The Morgan fingerprint density at radius 3 is 2.42 bits per heavy atom. The predicted octanol–water partition coefficient (Wildman–Crippen LogP) is 4.84. The molecule has 2 unspecified atom stereocenters. The molecule has 1 aliphatic rings. The lowest BCUT2D eigenvalue weighted by Crippen LogP contribution is -2.22. The van der Waals surface area contributed by atoms with Gasteiger partial charge in [-0.1, -0.05) is 44.9 Å². The molecule has 2 N–H and O–H groups in total. The first-order valence-corrected chi connectivity index (χ1v) is 8.57. The van der Waals surface area contributed by atoms with E-state index < -0.39 is 5.79 Å². The van der Waals surface area contributed by atoms with E-state index in [0.29, 0.717) is 5.75 Å². The molecule has 2 aromatic rings. The van der Waals surface area contributed by atoms with Gasteiger partial charge in [0, 0.05) is 6.42 Å². The summed E-state index contributed by atoms with van der Waals surface area (Å²) in [6.45, 7) is 4.19. The summed E-state index contributed by atoms with van der Waals surface area (Å²) in [6.07, 6.45) is 4.04. The van der Waals surface area contributed by atoms with Crippen molar-refractivity contribution in [2.45, 2.75) is 51.4 Å². The highest BCUT2D eigenvalue weighted by atomic mass is 16.8. The molecular weight excluding hydrogens is 304 g/mol. The van der Waals surface area contributed by atoms with Crippen LogP contribution in [0.3, 0.4) is 0 Å². The Balaban J connectivity index is 1.81. The normalized spacial score (nSPS) is 22.3. The third-order valence-electron chi connectivity index (χ3n) is 4.53. The van der Waals surface area contributed by atoms with Gasteiger partial charge in [-0.3, -0.25) is 0 Å². The summed E-state index contributed by atoms with van der Waals surface area (Å²) >= 11 is 0. The maximum Gasteiger partial charge on any atom is 0.237 e. The SMILES string of the molecule is CCCCC1OC1(CC)Oc1cc(-c2ccc(O)cc2)ccc1O. The average molecular weight is 328 g/mol. The minimum atomic E-state index is -0.611. The molecule has 0 bridgehead atoms. The van der Waals surface area contributed by atoms with Gasteiger partial charge in [0.1, 0.15) is 11.9 Å². The van der Waals surface area contributed by atoms with Gasteiger partial charge < -0.3 is 19.7 Å². The zero-order chi connectivity index (χ0) is 17.2. The van der Waals surface area contributed by atoms with Gasteiger partial charge in [0.15, 0.2) is 11.5 Å². The fourth-order valence-electron chi connectivity index (χ4n) is 2.96. The predicted molar refractivity (Wildman–Crippen MR) is 93.3 cm³/mol. The molecule has 4 nitrogen and oxygen atoms in total. The van der Waals surface area contributed by atoms with Crippen molar-refractivity contribution in [3.63, 3.8) is 0 Å². The number of ether oxygens (including phenoxy) is 2. The molecule has 3 rings (SSSR count). The Morgan fingerprint density at radius 1 is 1.04 bits per heavy atom. The van der Waals surface area contributed by atoms with Crippen LogP contribution in [0.15, 0.2) is 42.5 Å². The van der Waals surface area contributed by atoms with E-state index in [9.17, 15) is 10.2 Å².